The molecule has 0 aliphatic carbocycles. The zero-order valence-electron chi connectivity index (χ0n) is 18.0. The lowest BCUT2D eigenvalue weighted by Crippen LogP contribution is -2.25. The highest BCUT2D eigenvalue weighted by atomic mass is 16.1. The van der Waals surface area contributed by atoms with E-state index in [1.165, 1.54) is 6.21 Å². The first-order valence-electron chi connectivity index (χ1n) is 9.73. The monoisotopic (exact) mass is 403 g/mol. The van der Waals surface area contributed by atoms with Crippen molar-refractivity contribution in [2.45, 2.75) is 27.3 Å². The Morgan fingerprint density at radius 3 is 2.57 bits per heavy atom. The molecule has 0 spiro atoms. The second kappa shape index (κ2) is 10.8. The van der Waals surface area contributed by atoms with Crippen LogP contribution in [0.4, 0.5) is 5.69 Å². The van der Waals surface area contributed by atoms with E-state index in [1.807, 2.05) is 51.1 Å². The summed E-state index contributed by atoms with van der Waals surface area (Å²) in [6.07, 6.45) is 6.56. The molecule has 1 amide bonds. The van der Waals surface area contributed by atoms with Gasteiger partial charge in [0.25, 0.3) is 5.91 Å². The molecule has 4 N–H and O–H groups in total. The molecule has 0 radical (unpaired) electrons. The first-order chi connectivity index (χ1) is 14.4. The van der Waals surface area contributed by atoms with Crippen LogP contribution in [0.5, 0.6) is 0 Å². The number of aryl methyl sites for hydroxylation is 2. The van der Waals surface area contributed by atoms with Crippen molar-refractivity contribution in [3.05, 3.63) is 94.6 Å². The summed E-state index contributed by atoms with van der Waals surface area (Å²) in [5, 5.41) is 17.0. The van der Waals surface area contributed by atoms with Crippen LogP contribution in [0.15, 0.2) is 66.5 Å². The minimum Gasteiger partial charge on any atom is -0.386 e. The number of nitrogens with zero attached hydrogens (tertiary/aromatic N) is 1. The molecule has 0 saturated heterocycles. The number of hydrogen-bond acceptors (Lipinski definition) is 5. The average molecular weight is 404 g/mol. The molecule has 0 saturated carbocycles. The Bertz CT molecular complexity index is 1000. The van der Waals surface area contributed by atoms with E-state index in [-0.39, 0.29) is 5.91 Å². The molecule has 1 aromatic carbocycles. The summed E-state index contributed by atoms with van der Waals surface area (Å²) < 4.78 is 0. The summed E-state index contributed by atoms with van der Waals surface area (Å²) in [6, 6.07) is 9.27. The number of likely N-dealkylation sites (N-methyl/N-ethyl adjacent to an activating group) is 1. The largest absolute Gasteiger partial charge is 0.386 e. The van der Waals surface area contributed by atoms with Crippen molar-refractivity contribution in [2.75, 3.05) is 12.4 Å². The molecule has 156 valence electrons. The fraction of sp³-hybridized carbons (Fsp3) is 0.208. The first-order valence-corrected chi connectivity index (χ1v) is 9.73. The number of carbonyl (C=O) groups excluding carboxylic acids is 1. The maximum Gasteiger partial charge on any atom is 0.255 e. The highest BCUT2D eigenvalue weighted by Crippen LogP contribution is 2.18. The third kappa shape index (κ3) is 5.67. The average Bonchev–Trinajstić information content (AvgIpc) is 2.75. The van der Waals surface area contributed by atoms with Crippen LogP contribution < -0.4 is 16.0 Å². The number of nitrogens with one attached hydrogen (secondary N) is 4. The van der Waals surface area contributed by atoms with Crippen molar-refractivity contribution in [1.29, 1.82) is 5.41 Å². The number of carbonyl (C=O) groups is 1. The van der Waals surface area contributed by atoms with E-state index in [2.05, 4.69) is 27.5 Å². The molecule has 0 atom stereocenters. The Balaban J connectivity index is 2.21. The minimum absolute atomic E-state index is 0.268. The summed E-state index contributed by atoms with van der Waals surface area (Å²) >= 11 is 0. The fourth-order valence-corrected chi connectivity index (χ4v) is 2.97. The molecule has 2 aromatic rings. The molecule has 0 aliphatic rings. The van der Waals surface area contributed by atoms with Gasteiger partial charge in [-0.2, -0.15) is 0 Å². The molecule has 6 nitrogen and oxygen atoms in total. The van der Waals surface area contributed by atoms with E-state index >= 15 is 0 Å². The number of pyridine rings is 1. The van der Waals surface area contributed by atoms with E-state index in [0.717, 1.165) is 28.3 Å². The van der Waals surface area contributed by atoms with Crippen molar-refractivity contribution < 1.29 is 4.79 Å². The normalized spacial score (nSPS) is 11.6. The van der Waals surface area contributed by atoms with Crippen LogP contribution in [0.25, 0.3) is 0 Å². The van der Waals surface area contributed by atoms with Crippen molar-refractivity contribution >= 4 is 17.8 Å². The molecule has 1 aromatic heterocycles. The van der Waals surface area contributed by atoms with Crippen molar-refractivity contribution in [2.24, 2.45) is 0 Å². The third-order valence-electron chi connectivity index (χ3n) is 4.62. The van der Waals surface area contributed by atoms with Crippen LogP contribution in [-0.4, -0.2) is 24.2 Å². The van der Waals surface area contributed by atoms with Gasteiger partial charge in [-0.25, -0.2) is 0 Å². The summed E-state index contributed by atoms with van der Waals surface area (Å²) in [5.41, 5.74) is 6.26. The maximum absolute atomic E-state index is 12.7. The van der Waals surface area contributed by atoms with Gasteiger partial charge in [-0.1, -0.05) is 18.7 Å². The molecular weight excluding hydrogens is 374 g/mol. The molecule has 6 heteroatoms. The Kier molecular flexibility index (Phi) is 8.11. The van der Waals surface area contributed by atoms with Crippen molar-refractivity contribution in [3.8, 4) is 0 Å². The van der Waals surface area contributed by atoms with Crippen molar-refractivity contribution in [3.63, 3.8) is 0 Å². The predicted octanol–water partition coefficient (Wildman–Crippen LogP) is 4.23. The van der Waals surface area contributed by atoms with Crippen LogP contribution in [0.2, 0.25) is 0 Å². The van der Waals surface area contributed by atoms with Crippen LogP contribution in [0.1, 0.15) is 39.8 Å². The number of hydrogen-bond donors (Lipinski definition) is 4. The Morgan fingerprint density at radius 1 is 1.20 bits per heavy atom. The number of rotatable bonds is 9. The van der Waals surface area contributed by atoms with Gasteiger partial charge >= 0.3 is 0 Å². The highest BCUT2D eigenvalue weighted by Gasteiger charge is 2.11. The predicted molar refractivity (Wildman–Crippen MR) is 124 cm³/mol. The van der Waals surface area contributed by atoms with Crippen molar-refractivity contribution in [1.82, 2.24) is 15.6 Å². The van der Waals surface area contributed by atoms with Gasteiger partial charge in [-0.15, -0.1) is 0 Å². The molecule has 0 unspecified atom stereocenters. The summed E-state index contributed by atoms with van der Waals surface area (Å²) in [6.45, 7) is 10.2. The lowest BCUT2D eigenvalue weighted by molar-refractivity contribution is 0.0966. The second-order valence-corrected chi connectivity index (χ2v) is 6.73. The zero-order chi connectivity index (χ0) is 22.1. The van der Waals surface area contributed by atoms with E-state index in [9.17, 15) is 4.79 Å². The summed E-state index contributed by atoms with van der Waals surface area (Å²) in [7, 11) is 1.78. The van der Waals surface area contributed by atoms with Crippen LogP contribution in [0, 0.1) is 19.3 Å². The summed E-state index contributed by atoms with van der Waals surface area (Å²) in [5.74, 6) is -0.268. The van der Waals surface area contributed by atoms with Crippen LogP contribution >= 0.6 is 0 Å². The smallest absolute Gasteiger partial charge is 0.255 e. The second-order valence-electron chi connectivity index (χ2n) is 6.73. The van der Waals surface area contributed by atoms with Crippen LogP contribution in [-0.2, 0) is 6.54 Å². The van der Waals surface area contributed by atoms with Gasteiger partial charge in [-0.3, -0.25) is 9.78 Å². The standard InChI is InChI=1S/C24H29N5O/c1-6-8-23(26-5)21(7-2)29-24(30)18-11-12-22(20(13-18)14-25)27-15-19-10-9-16(3)28-17(19)4/h6-14,25-27H,2,15H2,1,3-5H3,(H,29,30)/b8-6-,23-21-,25-14?. The van der Waals surface area contributed by atoms with E-state index in [1.54, 1.807) is 25.3 Å². The SMILES string of the molecule is C=C/C(NC(=O)c1ccc(NCc2ccc(C)nc2C)c(C=N)c1)=C(\C=C/C)NC. The molecule has 2 rings (SSSR count). The highest BCUT2D eigenvalue weighted by molar-refractivity contribution is 5.99. The quantitative estimate of drug-likeness (QED) is 0.373. The Hall–Kier alpha value is -3.67. The van der Waals surface area contributed by atoms with Crippen LogP contribution in [0.3, 0.4) is 0 Å². The number of amides is 1. The van der Waals surface area contributed by atoms with E-state index in [4.69, 9.17) is 5.41 Å². The molecule has 30 heavy (non-hydrogen) atoms. The number of anilines is 1. The lowest BCUT2D eigenvalue weighted by atomic mass is 10.1. The fourth-order valence-electron chi connectivity index (χ4n) is 2.97. The third-order valence-corrected chi connectivity index (χ3v) is 4.62. The molecule has 1 heterocycles. The topological polar surface area (TPSA) is 89.9 Å². The molecular formula is C24H29N5O. The number of aromatic nitrogens is 1. The van der Waals surface area contributed by atoms with Gasteiger partial charge in [0, 0.05) is 48.0 Å². The Morgan fingerprint density at radius 2 is 1.97 bits per heavy atom. The van der Waals surface area contributed by atoms with E-state index in [0.29, 0.717) is 23.4 Å². The number of benzene rings is 1. The molecule has 0 aliphatic heterocycles. The van der Waals surface area contributed by atoms with Gasteiger partial charge in [0.15, 0.2) is 0 Å². The zero-order valence-corrected chi connectivity index (χ0v) is 18.0. The summed E-state index contributed by atoms with van der Waals surface area (Å²) in [4.78, 5) is 17.2. The Labute approximate surface area is 178 Å². The van der Waals surface area contributed by atoms with Gasteiger partial charge in [-0.05, 0) is 62.8 Å². The maximum atomic E-state index is 12.7. The van der Waals surface area contributed by atoms with Gasteiger partial charge in [0.2, 0.25) is 0 Å². The number of allylic oxidation sites excluding steroid dienone is 3. The minimum atomic E-state index is -0.268. The van der Waals surface area contributed by atoms with E-state index < -0.39 is 0 Å². The van der Waals surface area contributed by atoms with Gasteiger partial charge in [0.05, 0.1) is 11.4 Å². The van der Waals surface area contributed by atoms with Gasteiger partial charge < -0.3 is 21.4 Å². The molecule has 0 bridgehead atoms. The molecule has 0 fully saturated rings. The first kappa shape index (κ1) is 22.6. The van der Waals surface area contributed by atoms with Gasteiger partial charge in [0.1, 0.15) is 0 Å². The lowest BCUT2D eigenvalue weighted by Gasteiger charge is -2.14.